The molecule has 2 aromatic rings. The molecule has 0 radical (unpaired) electrons. The molecule has 0 unspecified atom stereocenters. The minimum absolute atomic E-state index is 0.256. The third-order valence-corrected chi connectivity index (χ3v) is 5.53. The fourth-order valence-electron chi connectivity index (χ4n) is 3.16. The molecule has 0 spiro atoms. The molecule has 7 nitrogen and oxygen atoms in total. The molecule has 1 heterocycles. The first-order valence-corrected chi connectivity index (χ1v) is 10.2. The van der Waals surface area contributed by atoms with Crippen LogP contribution in [-0.4, -0.2) is 32.7 Å². The van der Waals surface area contributed by atoms with Crippen molar-refractivity contribution in [3.8, 4) is 5.75 Å². The van der Waals surface area contributed by atoms with Gasteiger partial charge in [0.05, 0.1) is 11.5 Å². The minimum Gasteiger partial charge on any atom is -0.494 e. The molecule has 0 aliphatic carbocycles. The second-order valence-electron chi connectivity index (χ2n) is 6.22. The van der Waals surface area contributed by atoms with Crippen molar-refractivity contribution in [1.82, 2.24) is 0 Å². The Labute approximate surface area is 152 Å². The molecule has 3 rings (SSSR count). The summed E-state index contributed by atoms with van der Waals surface area (Å²) in [6, 6.07) is 10.3. The number of rotatable bonds is 5. The van der Waals surface area contributed by atoms with Gasteiger partial charge in [0.15, 0.2) is 9.84 Å². The maximum atomic E-state index is 12.0. The van der Waals surface area contributed by atoms with Crippen LogP contribution in [0.25, 0.3) is 0 Å². The van der Waals surface area contributed by atoms with Gasteiger partial charge in [0.2, 0.25) is 0 Å². The fourth-order valence-corrected chi connectivity index (χ4v) is 4.01. The normalized spacial score (nSPS) is 14.0. The van der Waals surface area contributed by atoms with Gasteiger partial charge in [-0.2, -0.15) is 0 Å². The molecule has 0 saturated carbocycles. The summed E-state index contributed by atoms with van der Waals surface area (Å²) in [5, 5.41) is 11.1. The van der Waals surface area contributed by atoms with Crippen LogP contribution in [0.5, 0.6) is 5.75 Å². The highest BCUT2D eigenvalue weighted by atomic mass is 32.2. The smallest absolute Gasteiger partial charge is 0.288 e. The highest BCUT2D eigenvalue weighted by Gasteiger charge is 2.25. The molecule has 0 fully saturated rings. The molecule has 8 heteroatoms. The van der Waals surface area contributed by atoms with Crippen molar-refractivity contribution in [3.05, 3.63) is 57.6 Å². The van der Waals surface area contributed by atoms with Crippen LogP contribution in [-0.2, 0) is 22.8 Å². The zero-order chi connectivity index (χ0) is 18.9. The molecule has 0 saturated heterocycles. The number of hydrogen-bond donors (Lipinski definition) is 0. The summed E-state index contributed by atoms with van der Waals surface area (Å²) in [5.74, 6) is 0.800. The van der Waals surface area contributed by atoms with Gasteiger partial charge in [-0.25, -0.2) is 8.42 Å². The van der Waals surface area contributed by atoms with E-state index in [2.05, 4.69) is 6.07 Å². The van der Waals surface area contributed by atoms with Gasteiger partial charge < -0.3 is 9.64 Å². The van der Waals surface area contributed by atoms with Crippen LogP contribution in [0, 0.1) is 10.1 Å². The lowest BCUT2D eigenvalue weighted by Crippen LogP contribution is -2.30. The summed E-state index contributed by atoms with van der Waals surface area (Å²) in [6.07, 6.45) is 1.80. The van der Waals surface area contributed by atoms with E-state index in [9.17, 15) is 18.5 Å². The summed E-state index contributed by atoms with van der Waals surface area (Å²) in [7, 11) is -3.70. The van der Waals surface area contributed by atoms with E-state index in [1.165, 1.54) is 17.7 Å². The topological polar surface area (TPSA) is 89.8 Å². The van der Waals surface area contributed by atoms with E-state index in [-0.39, 0.29) is 4.90 Å². The predicted octanol–water partition coefficient (Wildman–Crippen LogP) is 2.96. The standard InChI is InChI=1S/C18H20N2O5S/c1-3-25-16-6-4-13-8-9-19(12-14(13)10-16)15-5-7-17(20(21)22)18(11-15)26(2,23)24/h4-7,10-11H,3,8-9,12H2,1-2H3. The van der Waals surface area contributed by atoms with E-state index in [4.69, 9.17) is 4.74 Å². The molecule has 0 bridgehead atoms. The Morgan fingerprint density at radius 3 is 2.62 bits per heavy atom. The van der Waals surface area contributed by atoms with Gasteiger partial charge in [-0.15, -0.1) is 0 Å². The number of benzene rings is 2. The average Bonchev–Trinajstić information content (AvgIpc) is 2.60. The van der Waals surface area contributed by atoms with E-state index in [1.807, 2.05) is 24.0 Å². The third kappa shape index (κ3) is 3.65. The Balaban J connectivity index is 1.95. The molecule has 138 valence electrons. The van der Waals surface area contributed by atoms with E-state index in [0.29, 0.717) is 25.4 Å². The quantitative estimate of drug-likeness (QED) is 0.589. The molecular weight excluding hydrogens is 356 g/mol. The number of nitro benzene ring substituents is 1. The summed E-state index contributed by atoms with van der Waals surface area (Å²) < 4.78 is 29.5. The molecule has 0 N–H and O–H groups in total. The van der Waals surface area contributed by atoms with Crippen LogP contribution >= 0.6 is 0 Å². The largest absolute Gasteiger partial charge is 0.494 e. The summed E-state index contributed by atoms with van der Waals surface area (Å²) >= 11 is 0. The highest BCUT2D eigenvalue weighted by molar-refractivity contribution is 7.90. The number of sulfone groups is 1. The third-order valence-electron chi connectivity index (χ3n) is 4.41. The van der Waals surface area contributed by atoms with Gasteiger partial charge >= 0.3 is 0 Å². The van der Waals surface area contributed by atoms with Gasteiger partial charge in [-0.05, 0) is 48.7 Å². The number of ether oxygens (including phenoxy) is 1. The Morgan fingerprint density at radius 1 is 1.19 bits per heavy atom. The molecule has 0 atom stereocenters. The van der Waals surface area contributed by atoms with E-state index in [1.54, 1.807) is 6.07 Å². The summed E-state index contributed by atoms with van der Waals surface area (Å²) in [4.78, 5) is 12.2. The second kappa shape index (κ2) is 6.95. The molecule has 1 aliphatic heterocycles. The van der Waals surface area contributed by atoms with Crippen molar-refractivity contribution in [3.63, 3.8) is 0 Å². The monoisotopic (exact) mass is 376 g/mol. The summed E-state index contributed by atoms with van der Waals surface area (Å²) in [5.41, 5.74) is 2.60. The number of nitrogens with zero attached hydrogens (tertiary/aromatic N) is 2. The first-order chi connectivity index (χ1) is 12.3. The molecule has 0 amide bonds. The van der Waals surface area contributed by atoms with Crippen LogP contribution in [0.4, 0.5) is 11.4 Å². The Kier molecular flexibility index (Phi) is 4.86. The molecule has 2 aromatic carbocycles. The van der Waals surface area contributed by atoms with Gasteiger partial charge in [-0.1, -0.05) is 6.07 Å². The zero-order valence-corrected chi connectivity index (χ0v) is 15.5. The minimum atomic E-state index is -3.70. The Bertz CT molecular complexity index is 956. The van der Waals surface area contributed by atoms with E-state index < -0.39 is 20.4 Å². The van der Waals surface area contributed by atoms with Gasteiger partial charge in [-0.3, -0.25) is 10.1 Å². The van der Waals surface area contributed by atoms with Gasteiger partial charge in [0, 0.05) is 31.1 Å². The number of anilines is 1. The maximum absolute atomic E-state index is 12.0. The van der Waals surface area contributed by atoms with E-state index >= 15 is 0 Å². The van der Waals surface area contributed by atoms with E-state index in [0.717, 1.165) is 24.0 Å². The number of nitro groups is 1. The van der Waals surface area contributed by atoms with Gasteiger partial charge in [0.25, 0.3) is 5.69 Å². The van der Waals surface area contributed by atoms with Crippen molar-refractivity contribution in [2.75, 3.05) is 24.3 Å². The van der Waals surface area contributed by atoms with Crippen LogP contribution in [0.15, 0.2) is 41.3 Å². The first-order valence-electron chi connectivity index (χ1n) is 8.27. The van der Waals surface area contributed by atoms with Crippen LogP contribution < -0.4 is 9.64 Å². The van der Waals surface area contributed by atoms with Crippen LogP contribution in [0.2, 0.25) is 0 Å². The number of hydrogen-bond acceptors (Lipinski definition) is 6. The lowest BCUT2D eigenvalue weighted by Gasteiger charge is -2.31. The molecule has 0 aromatic heterocycles. The average molecular weight is 376 g/mol. The highest BCUT2D eigenvalue weighted by Crippen LogP contribution is 2.32. The van der Waals surface area contributed by atoms with Crippen molar-refractivity contribution in [2.45, 2.75) is 24.8 Å². The molecular formula is C18H20N2O5S. The van der Waals surface area contributed by atoms with Crippen LogP contribution in [0.3, 0.4) is 0 Å². The second-order valence-corrected chi connectivity index (χ2v) is 8.20. The predicted molar refractivity (Wildman–Crippen MR) is 98.6 cm³/mol. The van der Waals surface area contributed by atoms with Crippen LogP contribution in [0.1, 0.15) is 18.1 Å². The maximum Gasteiger partial charge on any atom is 0.288 e. The van der Waals surface area contributed by atoms with Crippen molar-refractivity contribution in [2.24, 2.45) is 0 Å². The number of fused-ring (bicyclic) bond motifs is 1. The molecule has 26 heavy (non-hydrogen) atoms. The van der Waals surface area contributed by atoms with Crippen molar-refractivity contribution < 1.29 is 18.1 Å². The fraction of sp³-hybridized carbons (Fsp3) is 0.333. The lowest BCUT2D eigenvalue weighted by molar-refractivity contribution is -0.387. The Hall–Kier alpha value is -2.61. The molecule has 1 aliphatic rings. The Morgan fingerprint density at radius 2 is 1.96 bits per heavy atom. The lowest BCUT2D eigenvalue weighted by atomic mass is 9.99. The van der Waals surface area contributed by atoms with Gasteiger partial charge in [0.1, 0.15) is 10.6 Å². The summed E-state index contributed by atoms with van der Waals surface area (Å²) in [6.45, 7) is 3.82. The van der Waals surface area contributed by atoms with Crippen molar-refractivity contribution >= 4 is 21.2 Å². The van der Waals surface area contributed by atoms with Crippen molar-refractivity contribution in [1.29, 1.82) is 0 Å². The zero-order valence-electron chi connectivity index (χ0n) is 14.6. The first kappa shape index (κ1) is 18.2. The SMILES string of the molecule is CCOc1ccc2c(c1)CN(c1ccc([N+](=O)[O-])c(S(C)(=O)=O)c1)CC2.